The number of nitrogens with one attached hydrogen (secondary N) is 1. The lowest BCUT2D eigenvalue weighted by molar-refractivity contribution is -0.119. The molecule has 5 heteroatoms. The average Bonchev–Trinajstić information content (AvgIpc) is 2.74. The number of ether oxygens (including phenoxy) is 1. The van der Waals surface area contributed by atoms with Crippen LogP contribution in [-0.2, 0) is 9.59 Å². The van der Waals surface area contributed by atoms with Crippen LogP contribution >= 0.6 is 0 Å². The number of aryl methyl sites for hydroxylation is 1. The maximum absolute atomic E-state index is 13.5. The van der Waals surface area contributed by atoms with Crippen molar-refractivity contribution in [2.45, 2.75) is 39.0 Å². The number of allylic oxidation sites excluding steroid dienone is 2. The Labute approximate surface area is 176 Å². The molecule has 4 rings (SSSR count). The van der Waals surface area contributed by atoms with Gasteiger partial charge in [0, 0.05) is 35.0 Å². The largest absolute Gasteiger partial charge is 0.497 e. The molecule has 2 aromatic carbocycles. The summed E-state index contributed by atoms with van der Waals surface area (Å²) in [5, 5.41) is 3.06. The van der Waals surface area contributed by atoms with E-state index in [9.17, 15) is 9.59 Å². The molecule has 2 aromatic rings. The van der Waals surface area contributed by atoms with Crippen LogP contribution in [0.4, 0.5) is 5.69 Å². The van der Waals surface area contributed by atoms with Crippen molar-refractivity contribution in [1.29, 1.82) is 0 Å². The van der Waals surface area contributed by atoms with Gasteiger partial charge < -0.3 is 10.1 Å². The number of para-hydroxylation sites is 1. The summed E-state index contributed by atoms with van der Waals surface area (Å²) in [6, 6.07) is 15.3. The molecule has 0 aromatic heterocycles. The van der Waals surface area contributed by atoms with E-state index >= 15 is 0 Å². The number of benzene rings is 2. The topological polar surface area (TPSA) is 67.8 Å². The standard InChI is InChI=1S/C25H26N2O3/c1-15-8-4-5-11-19(15)27-25(29)22-16(2)26-20-12-7-13-21(28)24(20)23(22)17-9-6-10-18(14-17)30-3/h4-6,8-11,14,22-23H,7,12-13H2,1-3H3,(H,27,29)/t22?,23-/m1/s1. The lowest BCUT2D eigenvalue weighted by Crippen LogP contribution is -2.39. The molecular weight excluding hydrogens is 376 g/mol. The van der Waals surface area contributed by atoms with Gasteiger partial charge in [0.05, 0.1) is 13.0 Å². The molecule has 0 bridgehead atoms. The first kappa shape index (κ1) is 20.1. The molecule has 30 heavy (non-hydrogen) atoms. The van der Waals surface area contributed by atoms with Crippen molar-refractivity contribution in [3.8, 4) is 5.75 Å². The third-order valence-corrected chi connectivity index (χ3v) is 5.97. The maximum Gasteiger partial charge on any atom is 0.234 e. The lowest BCUT2D eigenvalue weighted by Gasteiger charge is -2.35. The summed E-state index contributed by atoms with van der Waals surface area (Å²) in [4.78, 5) is 31.2. The minimum Gasteiger partial charge on any atom is -0.497 e. The zero-order valence-electron chi connectivity index (χ0n) is 17.6. The number of ketones is 1. The highest BCUT2D eigenvalue weighted by molar-refractivity contribution is 6.13. The zero-order valence-corrected chi connectivity index (χ0v) is 17.6. The predicted octanol–water partition coefficient (Wildman–Crippen LogP) is 4.82. The van der Waals surface area contributed by atoms with E-state index in [1.54, 1.807) is 7.11 Å². The van der Waals surface area contributed by atoms with Crippen LogP contribution in [0.3, 0.4) is 0 Å². The summed E-state index contributed by atoms with van der Waals surface area (Å²) in [7, 11) is 1.62. The molecule has 1 aliphatic heterocycles. The molecule has 2 aliphatic rings. The van der Waals surface area contributed by atoms with Gasteiger partial charge in [-0.05, 0) is 56.0 Å². The number of hydrogen-bond donors (Lipinski definition) is 1. The van der Waals surface area contributed by atoms with Gasteiger partial charge in [0.2, 0.25) is 5.91 Å². The van der Waals surface area contributed by atoms with Crippen LogP contribution in [0.2, 0.25) is 0 Å². The van der Waals surface area contributed by atoms with Crippen LogP contribution in [0, 0.1) is 12.8 Å². The van der Waals surface area contributed by atoms with Crippen LogP contribution in [0.1, 0.15) is 43.2 Å². The monoisotopic (exact) mass is 402 g/mol. The van der Waals surface area contributed by atoms with E-state index in [1.165, 1.54) is 0 Å². The number of amides is 1. The van der Waals surface area contributed by atoms with Crippen molar-refractivity contribution in [3.05, 3.63) is 70.9 Å². The maximum atomic E-state index is 13.5. The van der Waals surface area contributed by atoms with Crippen molar-refractivity contribution >= 4 is 23.1 Å². The Bertz CT molecular complexity index is 1070. The number of nitrogens with zero attached hydrogens (tertiary/aromatic N) is 1. The molecule has 1 N–H and O–H groups in total. The molecule has 1 unspecified atom stereocenters. The highest BCUT2D eigenvalue weighted by Crippen LogP contribution is 2.44. The number of Topliss-reactive ketones (excluding diaryl/α,β-unsaturated/α-hetero) is 1. The van der Waals surface area contributed by atoms with E-state index in [4.69, 9.17) is 9.73 Å². The van der Waals surface area contributed by atoms with Gasteiger partial charge in [-0.25, -0.2) is 0 Å². The molecule has 1 aliphatic carbocycles. The van der Waals surface area contributed by atoms with Crippen molar-refractivity contribution in [3.63, 3.8) is 0 Å². The summed E-state index contributed by atoms with van der Waals surface area (Å²) >= 11 is 0. The van der Waals surface area contributed by atoms with E-state index in [-0.39, 0.29) is 17.6 Å². The van der Waals surface area contributed by atoms with Gasteiger partial charge in [0.1, 0.15) is 5.75 Å². The molecule has 154 valence electrons. The van der Waals surface area contributed by atoms with Gasteiger partial charge in [-0.15, -0.1) is 0 Å². The quantitative estimate of drug-likeness (QED) is 0.797. The van der Waals surface area contributed by atoms with Crippen LogP contribution in [0.25, 0.3) is 0 Å². The Morgan fingerprint density at radius 3 is 2.67 bits per heavy atom. The Hall–Kier alpha value is -3.21. The predicted molar refractivity (Wildman–Crippen MR) is 118 cm³/mol. The minimum atomic E-state index is -0.558. The van der Waals surface area contributed by atoms with Crippen molar-refractivity contribution in [1.82, 2.24) is 0 Å². The van der Waals surface area contributed by atoms with E-state index in [2.05, 4.69) is 5.32 Å². The number of carbonyl (C=O) groups is 2. The summed E-state index contributed by atoms with van der Waals surface area (Å²) in [6.07, 6.45) is 2.07. The Morgan fingerprint density at radius 1 is 1.10 bits per heavy atom. The van der Waals surface area contributed by atoms with E-state index in [0.29, 0.717) is 17.7 Å². The second-order valence-corrected chi connectivity index (χ2v) is 7.93. The highest BCUT2D eigenvalue weighted by Gasteiger charge is 2.42. The Kier molecular flexibility index (Phi) is 5.53. The number of anilines is 1. The summed E-state index contributed by atoms with van der Waals surface area (Å²) < 4.78 is 5.41. The molecule has 0 spiro atoms. The molecular formula is C25H26N2O3. The van der Waals surface area contributed by atoms with Gasteiger partial charge in [-0.2, -0.15) is 0 Å². The highest BCUT2D eigenvalue weighted by atomic mass is 16.5. The second kappa shape index (κ2) is 8.27. The van der Waals surface area contributed by atoms with Crippen molar-refractivity contribution in [2.24, 2.45) is 10.9 Å². The zero-order chi connectivity index (χ0) is 21.3. The Balaban J connectivity index is 1.80. The van der Waals surface area contributed by atoms with E-state index < -0.39 is 5.92 Å². The number of carbonyl (C=O) groups excluding carboxylic acids is 2. The van der Waals surface area contributed by atoms with Crippen molar-refractivity contribution < 1.29 is 14.3 Å². The summed E-state index contributed by atoms with van der Waals surface area (Å²) in [6.45, 7) is 3.85. The Morgan fingerprint density at radius 2 is 1.90 bits per heavy atom. The molecule has 0 saturated heterocycles. The second-order valence-electron chi connectivity index (χ2n) is 7.93. The fourth-order valence-corrected chi connectivity index (χ4v) is 4.46. The third-order valence-electron chi connectivity index (χ3n) is 5.97. The van der Waals surface area contributed by atoms with Crippen molar-refractivity contribution in [2.75, 3.05) is 12.4 Å². The van der Waals surface area contributed by atoms with Gasteiger partial charge in [0.25, 0.3) is 0 Å². The van der Waals surface area contributed by atoms with Gasteiger partial charge >= 0.3 is 0 Å². The first-order chi connectivity index (χ1) is 14.5. The van der Waals surface area contributed by atoms with Crippen LogP contribution in [0.15, 0.2) is 64.8 Å². The fraction of sp³-hybridized carbons (Fsp3) is 0.320. The first-order valence-corrected chi connectivity index (χ1v) is 10.3. The molecule has 2 atom stereocenters. The number of aliphatic imine (C=N–C) groups is 1. The number of rotatable bonds is 4. The SMILES string of the molecule is COc1cccc([C@H]2C3=C(CCCC3=O)N=C(C)C2C(=O)Nc2ccccc2C)c1. The van der Waals surface area contributed by atoms with E-state index in [1.807, 2.05) is 62.4 Å². The average molecular weight is 402 g/mol. The van der Waals surface area contributed by atoms with Crippen LogP contribution < -0.4 is 10.1 Å². The molecule has 1 heterocycles. The van der Waals surface area contributed by atoms with Gasteiger partial charge in [-0.1, -0.05) is 30.3 Å². The fourth-order valence-electron chi connectivity index (χ4n) is 4.46. The van der Waals surface area contributed by atoms with Crippen LogP contribution in [-0.4, -0.2) is 24.5 Å². The smallest absolute Gasteiger partial charge is 0.234 e. The molecule has 0 saturated carbocycles. The third kappa shape index (κ3) is 3.67. The number of methoxy groups -OCH3 is 1. The van der Waals surface area contributed by atoms with Crippen LogP contribution in [0.5, 0.6) is 5.75 Å². The first-order valence-electron chi connectivity index (χ1n) is 10.3. The molecule has 0 fully saturated rings. The summed E-state index contributed by atoms with van der Waals surface area (Å²) in [5.41, 5.74) is 4.91. The van der Waals surface area contributed by atoms with E-state index in [0.717, 1.165) is 41.1 Å². The molecule has 5 nitrogen and oxygen atoms in total. The van der Waals surface area contributed by atoms with Gasteiger partial charge in [-0.3, -0.25) is 14.6 Å². The molecule has 0 radical (unpaired) electrons. The van der Waals surface area contributed by atoms with Gasteiger partial charge in [0.15, 0.2) is 5.78 Å². The number of hydrogen-bond acceptors (Lipinski definition) is 4. The normalized spacial score (nSPS) is 21.0. The lowest BCUT2D eigenvalue weighted by atomic mass is 9.71. The molecule has 1 amide bonds. The minimum absolute atomic E-state index is 0.0917. The summed E-state index contributed by atoms with van der Waals surface area (Å²) in [5.74, 6) is -0.282.